The van der Waals surface area contributed by atoms with Gasteiger partial charge in [-0.2, -0.15) is 0 Å². The maximum Gasteiger partial charge on any atom is 0.201 e. The normalized spacial score (nSPS) is 10.2. The van der Waals surface area contributed by atoms with Crippen molar-refractivity contribution in [3.05, 3.63) is 41.5 Å². The highest BCUT2D eigenvalue weighted by atomic mass is 16.5. The first kappa shape index (κ1) is 13.0. The van der Waals surface area contributed by atoms with E-state index in [1.807, 2.05) is 31.2 Å². The van der Waals surface area contributed by atoms with E-state index in [9.17, 15) is 15.0 Å². The molecule has 2 N–H and O–H groups in total. The molecular weight excluding hydrogens is 244 g/mol. The van der Waals surface area contributed by atoms with E-state index in [0.717, 1.165) is 11.1 Å². The van der Waals surface area contributed by atoms with E-state index in [1.165, 1.54) is 13.2 Å². The summed E-state index contributed by atoms with van der Waals surface area (Å²) in [6.45, 7) is 1.96. The number of aromatic hydroxyl groups is 2. The summed E-state index contributed by atoms with van der Waals surface area (Å²) < 4.78 is 4.99. The fourth-order valence-corrected chi connectivity index (χ4v) is 1.90. The van der Waals surface area contributed by atoms with Crippen LogP contribution in [0, 0.1) is 6.92 Å². The Morgan fingerprint density at radius 1 is 1.11 bits per heavy atom. The molecule has 0 radical (unpaired) electrons. The number of phenolic OH excluding ortho intramolecular Hbond substituents is 2. The average molecular weight is 258 g/mol. The van der Waals surface area contributed by atoms with Crippen molar-refractivity contribution < 1.29 is 19.7 Å². The van der Waals surface area contributed by atoms with Crippen molar-refractivity contribution in [3.8, 4) is 28.4 Å². The van der Waals surface area contributed by atoms with E-state index in [2.05, 4.69) is 0 Å². The molecule has 0 bridgehead atoms. The molecule has 2 rings (SSSR count). The van der Waals surface area contributed by atoms with Crippen LogP contribution in [0.25, 0.3) is 11.1 Å². The van der Waals surface area contributed by atoms with Gasteiger partial charge >= 0.3 is 0 Å². The van der Waals surface area contributed by atoms with E-state index >= 15 is 0 Å². The minimum absolute atomic E-state index is 0.0437. The number of carbonyl (C=O) groups excluding carboxylic acids is 1. The van der Waals surface area contributed by atoms with Gasteiger partial charge in [-0.1, -0.05) is 29.8 Å². The van der Waals surface area contributed by atoms with Crippen LogP contribution < -0.4 is 4.74 Å². The highest BCUT2D eigenvalue weighted by Gasteiger charge is 2.18. The highest BCUT2D eigenvalue weighted by molar-refractivity contribution is 5.93. The summed E-state index contributed by atoms with van der Waals surface area (Å²) in [6, 6.07) is 9.02. The molecule has 4 heteroatoms. The summed E-state index contributed by atoms with van der Waals surface area (Å²) >= 11 is 0. The lowest BCUT2D eigenvalue weighted by Crippen LogP contribution is -1.93. The van der Waals surface area contributed by atoms with E-state index in [-0.39, 0.29) is 11.3 Å². The van der Waals surface area contributed by atoms with Crippen LogP contribution in [0.15, 0.2) is 30.3 Å². The summed E-state index contributed by atoms with van der Waals surface area (Å²) in [4.78, 5) is 11.1. The SMILES string of the molecule is COc1cc(-c2ccc(C)cc2)c(C=O)c(O)c1O. The topological polar surface area (TPSA) is 66.8 Å². The van der Waals surface area contributed by atoms with Crippen LogP contribution in [0.4, 0.5) is 0 Å². The van der Waals surface area contributed by atoms with Gasteiger partial charge in [-0.15, -0.1) is 0 Å². The van der Waals surface area contributed by atoms with Gasteiger partial charge in [0.05, 0.1) is 12.7 Å². The third-order valence-corrected chi connectivity index (χ3v) is 2.98. The van der Waals surface area contributed by atoms with Gasteiger partial charge in [0.15, 0.2) is 17.8 Å². The number of aryl methyl sites for hydroxylation is 1. The van der Waals surface area contributed by atoms with Gasteiger partial charge in [-0.25, -0.2) is 0 Å². The zero-order valence-corrected chi connectivity index (χ0v) is 10.7. The first-order valence-electron chi connectivity index (χ1n) is 5.73. The van der Waals surface area contributed by atoms with Crippen molar-refractivity contribution in [3.63, 3.8) is 0 Å². The Morgan fingerprint density at radius 2 is 1.74 bits per heavy atom. The monoisotopic (exact) mass is 258 g/mol. The molecule has 0 aromatic heterocycles. The van der Waals surface area contributed by atoms with Crippen LogP contribution in [0.2, 0.25) is 0 Å². The Labute approximate surface area is 110 Å². The number of hydrogen-bond donors (Lipinski definition) is 2. The molecule has 0 aliphatic heterocycles. The van der Waals surface area contributed by atoms with Crippen LogP contribution >= 0.6 is 0 Å². The molecule has 4 nitrogen and oxygen atoms in total. The molecule has 0 aliphatic carbocycles. The highest BCUT2D eigenvalue weighted by Crippen LogP contribution is 2.42. The number of aldehydes is 1. The first-order chi connectivity index (χ1) is 9.08. The second-order valence-corrected chi connectivity index (χ2v) is 4.22. The lowest BCUT2D eigenvalue weighted by molar-refractivity contribution is 0.112. The molecule has 2 aromatic rings. The number of benzene rings is 2. The summed E-state index contributed by atoms with van der Waals surface area (Å²) in [5.41, 5.74) is 2.41. The zero-order chi connectivity index (χ0) is 14.0. The largest absolute Gasteiger partial charge is 0.504 e. The molecule has 0 atom stereocenters. The predicted octanol–water partition coefficient (Wildman–Crippen LogP) is 2.89. The minimum Gasteiger partial charge on any atom is -0.504 e. The molecule has 0 saturated carbocycles. The molecule has 0 aliphatic rings. The Bertz CT molecular complexity index is 615. The molecule has 2 aromatic carbocycles. The first-order valence-corrected chi connectivity index (χ1v) is 5.73. The second-order valence-electron chi connectivity index (χ2n) is 4.22. The standard InChI is InChI=1S/C15H14O4/c1-9-3-5-10(6-4-9)11-7-13(19-2)15(18)14(17)12(11)8-16/h3-8,17-18H,1-2H3. The number of phenols is 2. The lowest BCUT2D eigenvalue weighted by atomic mass is 9.98. The summed E-state index contributed by atoms with van der Waals surface area (Å²) in [6.07, 6.45) is 0.518. The quantitative estimate of drug-likeness (QED) is 0.656. The van der Waals surface area contributed by atoms with Crippen molar-refractivity contribution in [2.24, 2.45) is 0 Å². The van der Waals surface area contributed by atoms with Crippen molar-refractivity contribution in [2.75, 3.05) is 7.11 Å². The Balaban J connectivity index is 2.71. The number of methoxy groups -OCH3 is 1. The number of ether oxygens (including phenoxy) is 1. The van der Waals surface area contributed by atoms with Crippen LogP contribution in [0.5, 0.6) is 17.2 Å². The van der Waals surface area contributed by atoms with Crippen molar-refractivity contribution >= 4 is 6.29 Å². The van der Waals surface area contributed by atoms with Gasteiger partial charge in [0.25, 0.3) is 0 Å². The van der Waals surface area contributed by atoms with Crippen molar-refractivity contribution in [1.29, 1.82) is 0 Å². The molecule has 0 amide bonds. The second kappa shape index (κ2) is 5.02. The zero-order valence-electron chi connectivity index (χ0n) is 10.7. The number of hydrogen-bond acceptors (Lipinski definition) is 4. The van der Waals surface area contributed by atoms with E-state index in [0.29, 0.717) is 11.8 Å². The fraction of sp³-hybridized carbons (Fsp3) is 0.133. The van der Waals surface area contributed by atoms with Gasteiger partial charge in [0.1, 0.15) is 0 Å². The number of rotatable bonds is 3. The molecule has 98 valence electrons. The van der Waals surface area contributed by atoms with Crippen LogP contribution in [0.1, 0.15) is 15.9 Å². The number of carbonyl (C=O) groups is 1. The molecule has 0 saturated heterocycles. The molecular formula is C15H14O4. The van der Waals surface area contributed by atoms with Crippen LogP contribution in [-0.2, 0) is 0 Å². The lowest BCUT2D eigenvalue weighted by Gasteiger charge is -2.12. The molecule has 0 spiro atoms. The molecule has 0 fully saturated rings. The van der Waals surface area contributed by atoms with Crippen molar-refractivity contribution in [1.82, 2.24) is 0 Å². The van der Waals surface area contributed by atoms with Gasteiger partial charge < -0.3 is 14.9 Å². The average Bonchev–Trinajstić information content (AvgIpc) is 2.42. The Hall–Kier alpha value is -2.49. The predicted molar refractivity (Wildman–Crippen MR) is 71.9 cm³/mol. The maximum absolute atomic E-state index is 11.1. The van der Waals surface area contributed by atoms with E-state index in [1.54, 1.807) is 0 Å². The summed E-state index contributed by atoms with van der Waals surface area (Å²) in [5.74, 6) is -0.774. The smallest absolute Gasteiger partial charge is 0.201 e. The van der Waals surface area contributed by atoms with Gasteiger partial charge in [0, 0.05) is 0 Å². The van der Waals surface area contributed by atoms with Crippen LogP contribution in [0.3, 0.4) is 0 Å². The van der Waals surface area contributed by atoms with Crippen LogP contribution in [-0.4, -0.2) is 23.6 Å². The summed E-state index contributed by atoms with van der Waals surface area (Å²) in [5, 5.41) is 19.5. The Morgan fingerprint density at radius 3 is 2.26 bits per heavy atom. The molecule has 0 unspecified atom stereocenters. The third kappa shape index (κ3) is 2.25. The van der Waals surface area contributed by atoms with E-state index < -0.39 is 11.5 Å². The molecule has 19 heavy (non-hydrogen) atoms. The molecule has 0 heterocycles. The Kier molecular flexibility index (Phi) is 3.42. The van der Waals surface area contributed by atoms with Crippen molar-refractivity contribution in [2.45, 2.75) is 6.92 Å². The van der Waals surface area contributed by atoms with Gasteiger partial charge in [0.2, 0.25) is 5.75 Å². The van der Waals surface area contributed by atoms with Gasteiger partial charge in [-0.3, -0.25) is 4.79 Å². The van der Waals surface area contributed by atoms with Gasteiger partial charge in [-0.05, 0) is 24.1 Å². The maximum atomic E-state index is 11.1. The fourth-order valence-electron chi connectivity index (χ4n) is 1.90. The minimum atomic E-state index is -0.468. The van der Waals surface area contributed by atoms with E-state index in [4.69, 9.17) is 4.74 Å². The third-order valence-electron chi connectivity index (χ3n) is 2.98. The summed E-state index contributed by atoms with van der Waals surface area (Å²) in [7, 11) is 1.38.